The van der Waals surface area contributed by atoms with Crippen LogP contribution >= 0.6 is 0 Å². The molecule has 0 bridgehead atoms. The summed E-state index contributed by atoms with van der Waals surface area (Å²) in [4.78, 5) is 12.0. The van der Waals surface area contributed by atoms with Crippen molar-refractivity contribution < 1.29 is 9.18 Å². The topological polar surface area (TPSA) is 52.9 Å². The van der Waals surface area contributed by atoms with Gasteiger partial charge in [0.15, 0.2) is 0 Å². The molecule has 1 aromatic carbocycles. The molecule has 0 atom stereocenters. The first-order chi connectivity index (χ1) is 9.04. The number of nitriles is 1. The summed E-state index contributed by atoms with van der Waals surface area (Å²) < 4.78 is 12.8. The Bertz CT molecular complexity index is 551. The summed E-state index contributed by atoms with van der Waals surface area (Å²) in [7, 11) is 0. The Kier molecular flexibility index (Phi) is 3.66. The van der Waals surface area contributed by atoms with Crippen LogP contribution in [0.2, 0.25) is 0 Å². The van der Waals surface area contributed by atoms with Crippen LogP contribution in [0, 0.1) is 17.1 Å². The zero-order valence-corrected chi connectivity index (χ0v) is 10.7. The molecule has 0 radical (unpaired) electrons. The molecule has 1 aliphatic carbocycles. The van der Waals surface area contributed by atoms with Gasteiger partial charge in [0.1, 0.15) is 11.4 Å². The Morgan fingerprint density at radius 1 is 1.42 bits per heavy atom. The Labute approximate surface area is 111 Å². The van der Waals surface area contributed by atoms with E-state index in [0.717, 1.165) is 12.0 Å². The van der Waals surface area contributed by atoms with Gasteiger partial charge in [-0.2, -0.15) is 5.26 Å². The predicted molar refractivity (Wildman–Crippen MR) is 70.4 cm³/mol. The van der Waals surface area contributed by atoms with Crippen LogP contribution in [-0.4, -0.2) is 11.4 Å². The van der Waals surface area contributed by atoms with Gasteiger partial charge >= 0.3 is 0 Å². The van der Waals surface area contributed by atoms with Gasteiger partial charge in [-0.15, -0.1) is 0 Å². The van der Waals surface area contributed by atoms with E-state index in [9.17, 15) is 9.18 Å². The van der Waals surface area contributed by atoms with Crippen molar-refractivity contribution in [2.45, 2.75) is 31.7 Å². The lowest BCUT2D eigenvalue weighted by Crippen LogP contribution is -2.52. The Morgan fingerprint density at radius 3 is 2.53 bits per heavy atom. The first-order valence-corrected chi connectivity index (χ1v) is 6.22. The summed E-state index contributed by atoms with van der Waals surface area (Å²) in [6.45, 7) is 1.68. The largest absolute Gasteiger partial charge is 0.334 e. The van der Waals surface area contributed by atoms with Crippen molar-refractivity contribution in [1.29, 1.82) is 5.26 Å². The maximum Gasteiger partial charge on any atom is 0.248 e. The standard InChI is InChI=1S/C15H15FN2O/c1-11(9-12-3-5-13(16)6-4-12)14(19)18-15(10-17)7-2-8-15/h3-6,9H,2,7-8H2,1H3,(H,18,19)/b11-9-. The van der Waals surface area contributed by atoms with Crippen LogP contribution in [0.4, 0.5) is 4.39 Å². The highest BCUT2D eigenvalue weighted by Gasteiger charge is 2.38. The first kappa shape index (κ1) is 13.3. The fraction of sp³-hybridized carbons (Fsp3) is 0.333. The molecular formula is C15H15FN2O. The number of carbonyl (C=O) groups excluding carboxylic acids is 1. The van der Waals surface area contributed by atoms with Crippen molar-refractivity contribution in [3.05, 3.63) is 41.2 Å². The number of nitrogens with zero attached hydrogens (tertiary/aromatic N) is 1. The Balaban J connectivity index is 2.07. The second-order valence-electron chi connectivity index (χ2n) is 4.88. The van der Waals surface area contributed by atoms with Gasteiger partial charge in [0.25, 0.3) is 0 Å². The van der Waals surface area contributed by atoms with Crippen LogP contribution in [0.1, 0.15) is 31.7 Å². The average molecular weight is 258 g/mol. The summed E-state index contributed by atoms with van der Waals surface area (Å²) in [5.41, 5.74) is 0.580. The van der Waals surface area contributed by atoms with Gasteiger partial charge in [-0.1, -0.05) is 12.1 Å². The van der Waals surface area contributed by atoms with Crippen LogP contribution in [-0.2, 0) is 4.79 Å². The number of amides is 1. The molecule has 4 heteroatoms. The minimum Gasteiger partial charge on any atom is -0.334 e. The summed E-state index contributed by atoms with van der Waals surface area (Å²) >= 11 is 0. The Hall–Kier alpha value is -2.15. The lowest BCUT2D eigenvalue weighted by atomic mass is 9.78. The molecule has 0 heterocycles. The maximum absolute atomic E-state index is 12.8. The minimum atomic E-state index is -0.686. The van der Waals surface area contributed by atoms with Gasteiger partial charge < -0.3 is 5.32 Å². The molecule has 19 heavy (non-hydrogen) atoms. The van der Waals surface area contributed by atoms with E-state index in [4.69, 9.17) is 5.26 Å². The summed E-state index contributed by atoms with van der Waals surface area (Å²) in [6, 6.07) is 8.07. The van der Waals surface area contributed by atoms with E-state index in [1.54, 1.807) is 25.1 Å². The monoisotopic (exact) mass is 258 g/mol. The van der Waals surface area contributed by atoms with Crippen molar-refractivity contribution in [2.24, 2.45) is 0 Å². The summed E-state index contributed by atoms with van der Waals surface area (Å²) in [5, 5.41) is 11.8. The van der Waals surface area contributed by atoms with Crippen LogP contribution in [0.3, 0.4) is 0 Å². The minimum absolute atomic E-state index is 0.245. The van der Waals surface area contributed by atoms with Crippen LogP contribution in [0.5, 0.6) is 0 Å². The van der Waals surface area contributed by atoms with Crippen molar-refractivity contribution >= 4 is 12.0 Å². The molecule has 3 nitrogen and oxygen atoms in total. The highest BCUT2D eigenvalue weighted by Crippen LogP contribution is 2.31. The quantitative estimate of drug-likeness (QED) is 0.847. The van der Waals surface area contributed by atoms with Gasteiger partial charge in [-0.3, -0.25) is 4.79 Å². The fourth-order valence-corrected chi connectivity index (χ4v) is 1.99. The van der Waals surface area contributed by atoms with Gasteiger partial charge in [0.05, 0.1) is 6.07 Å². The normalized spacial score (nSPS) is 17.2. The SMILES string of the molecule is C/C(=C/c1ccc(F)cc1)C(=O)NC1(C#N)CCC1. The molecule has 0 unspecified atom stereocenters. The van der Waals surface area contributed by atoms with Gasteiger partial charge in [-0.05, 0) is 50.0 Å². The number of rotatable bonds is 3. The van der Waals surface area contributed by atoms with E-state index in [1.165, 1.54) is 12.1 Å². The van der Waals surface area contributed by atoms with E-state index < -0.39 is 5.54 Å². The predicted octanol–water partition coefficient (Wildman–Crippen LogP) is 2.79. The van der Waals surface area contributed by atoms with E-state index in [0.29, 0.717) is 18.4 Å². The van der Waals surface area contributed by atoms with Crippen LogP contribution in [0.25, 0.3) is 6.08 Å². The molecule has 2 rings (SSSR count). The maximum atomic E-state index is 12.8. The Morgan fingerprint density at radius 2 is 2.05 bits per heavy atom. The van der Waals surface area contributed by atoms with Crippen molar-refractivity contribution in [1.82, 2.24) is 5.32 Å². The molecule has 0 aromatic heterocycles. The van der Waals surface area contributed by atoms with E-state index in [1.807, 2.05) is 0 Å². The van der Waals surface area contributed by atoms with Crippen molar-refractivity contribution in [3.63, 3.8) is 0 Å². The molecular weight excluding hydrogens is 243 g/mol. The number of benzene rings is 1. The number of carbonyl (C=O) groups is 1. The highest BCUT2D eigenvalue weighted by atomic mass is 19.1. The van der Waals surface area contributed by atoms with Crippen molar-refractivity contribution in [2.75, 3.05) is 0 Å². The average Bonchev–Trinajstić information content (AvgIpc) is 2.36. The van der Waals surface area contributed by atoms with E-state index in [-0.39, 0.29) is 11.7 Å². The summed E-state index contributed by atoms with van der Waals surface area (Å²) in [5.74, 6) is -0.553. The molecule has 98 valence electrons. The third-order valence-corrected chi connectivity index (χ3v) is 3.39. The van der Waals surface area contributed by atoms with Crippen molar-refractivity contribution in [3.8, 4) is 6.07 Å². The number of nitrogens with one attached hydrogen (secondary N) is 1. The van der Waals surface area contributed by atoms with E-state index >= 15 is 0 Å². The lowest BCUT2D eigenvalue weighted by Gasteiger charge is -2.35. The number of halogens is 1. The van der Waals surface area contributed by atoms with Gasteiger partial charge in [-0.25, -0.2) is 4.39 Å². The fourth-order valence-electron chi connectivity index (χ4n) is 1.99. The molecule has 1 aromatic rings. The molecule has 1 amide bonds. The molecule has 0 spiro atoms. The highest BCUT2D eigenvalue weighted by molar-refractivity contribution is 5.97. The summed E-state index contributed by atoms with van der Waals surface area (Å²) in [6.07, 6.45) is 4.06. The first-order valence-electron chi connectivity index (χ1n) is 6.22. The number of hydrogen-bond donors (Lipinski definition) is 1. The molecule has 1 saturated carbocycles. The van der Waals surface area contributed by atoms with Gasteiger partial charge in [0.2, 0.25) is 5.91 Å². The third-order valence-electron chi connectivity index (χ3n) is 3.39. The smallest absolute Gasteiger partial charge is 0.248 e. The lowest BCUT2D eigenvalue weighted by molar-refractivity contribution is -0.119. The third kappa shape index (κ3) is 3.00. The van der Waals surface area contributed by atoms with Gasteiger partial charge in [0, 0.05) is 5.57 Å². The van der Waals surface area contributed by atoms with Crippen LogP contribution in [0.15, 0.2) is 29.8 Å². The van der Waals surface area contributed by atoms with Crippen LogP contribution < -0.4 is 5.32 Å². The second kappa shape index (κ2) is 5.23. The molecule has 0 saturated heterocycles. The van der Waals surface area contributed by atoms with E-state index in [2.05, 4.69) is 11.4 Å². The zero-order chi connectivity index (χ0) is 13.9. The zero-order valence-electron chi connectivity index (χ0n) is 10.7. The molecule has 1 aliphatic rings. The molecule has 1 N–H and O–H groups in total. The number of hydrogen-bond acceptors (Lipinski definition) is 2. The second-order valence-corrected chi connectivity index (χ2v) is 4.88. The molecule has 1 fully saturated rings. The molecule has 0 aliphatic heterocycles.